The van der Waals surface area contributed by atoms with Gasteiger partial charge < -0.3 is 39.4 Å². The van der Waals surface area contributed by atoms with E-state index in [1.165, 1.54) is 6.92 Å². The Hall–Kier alpha value is -1.14. The molecule has 0 aromatic carbocycles. The number of rotatable bonds is 5. The van der Waals surface area contributed by atoms with Gasteiger partial charge in [0.15, 0.2) is 18.2 Å². The molecule has 0 aromatic rings. The van der Waals surface area contributed by atoms with E-state index in [0.717, 1.165) is 44.9 Å². The molecule has 7 fully saturated rings. The van der Waals surface area contributed by atoms with Gasteiger partial charge in [-0.2, -0.15) is 0 Å². The summed E-state index contributed by atoms with van der Waals surface area (Å²) in [4.78, 5) is 27.0. The molecule has 4 N–H and O–H groups in total. The molecular weight excluding hydrogens is 604 g/mol. The summed E-state index contributed by atoms with van der Waals surface area (Å²) in [5.74, 6) is 0.603. The summed E-state index contributed by atoms with van der Waals surface area (Å²) < 4.78 is 24.4. The number of carbonyl (C=O) groups is 2. The Morgan fingerprint density at radius 1 is 0.979 bits per heavy atom. The van der Waals surface area contributed by atoms with Crippen molar-refractivity contribution in [1.82, 2.24) is 0 Å². The van der Waals surface area contributed by atoms with E-state index in [1.54, 1.807) is 13.8 Å². The minimum atomic E-state index is -1.31. The summed E-state index contributed by atoms with van der Waals surface area (Å²) in [7, 11) is 0. The molecule has 0 aromatic heterocycles. The first-order valence-corrected chi connectivity index (χ1v) is 18.2. The summed E-state index contributed by atoms with van der Waals surface area (Å²) in [5.41, 5.74) is -2.06. The Morgan fingerprint density at radius 3 is 2.30 bits per heavy atom. The molecule has 7 aliphatic rings. The fraction of sp³-hybridized carbons (Fsp3) is 0.946. The van der Waals surface area contributed by atoms with Gasteiger partial charge in [0.1, 0.15) is 24.4 Å². The molecule has 266 valence electrons. The topological polar surface area (TPSA) is 152 Å². The minimum absolute atomic E-state index is 0.0668. The molecule has 5 saturated carbocycles. The highest BCUT2D eigenvalue weighted by Crippen LogP contribution is 2.89. The third kappa shape index (κ3) is 4.46. The van der Waals surface area contributed by atoms with Gasteiger partial charge in [-0.25, -0.2) is 0 Å². The lowest BCUT2D eigenvalue weighted by molar-refractivity contribution is -0.302. The first-order valence-electron chi connectivity index (χ1n) is 18.2. The van der Waals surface area contributed by atoms with Gasteiger partial charge in [-0.05, 0) is 105 Å². The lowest BCUT2D eigenvalue weighted by Gasteiger charge is -2.62. The Bertz CT molecular complexity index is 1290. The number of hydrogen-bond acceptors (Lipinski definition) is 10. The predicted molar refractivity (Wildman–Crippen MR) is 170 cm³/mol. The van der Waals surface area contributed by atoms with Crippen LogP contribution >= 0.6 is 0 Å². The zero-order chi connectivity index (χ0) is 34.3. The number of ketones is 1. The number of aliphatic hydroxyl groups is 4. The van der Waals surface area contributed by atoms with E-state index in [9.17, 15) is 30.0 Å². The maximum Gasteiger partial charge on any atom is 0.303 e. The van der Waals surface area contributed by atoms with Crippen LogP contribution in [0.25, 0.3) is 0 Å². The van der Waals surface area contributed by atoms with Crippen molar-refractivity contribution >= 4 is 11.8 Å². The standard InChI is InChI=1S/C37H58O10/c1-18-15-21(30(33(5,6)43)45-19(2)38)46-28-25(18)34(7)13-14-37-17-36(37)12-11-24(47-31-27(41)26(40)20(39)16-44-31)32(3,4)22(36)9-10-23(37)35(34,8)29(28)42/h18,20-28,30-31,39-41,43H,9-17H2,1-8H3/t18-,20?,21?,22+,23?,24+,25+,26+,27-,28?,30+,31+,34-,35-,36-,37+/m1/s1. The van der Waals surface area contributed by atoms with Crippen molar-refractivity contribution in [2.45, 2.75) is 161 Å². The molecule has 2 spiro atoms. The number of aliphatic hydroxyl groups excluding tert-OH is 3. The van der Waals surface area contributed by atoms with Gasteiger partial charge in [0, 0.05) is 18.3 Å². The summed E-state index contributed by atoms with van der Waals surface area (Å²) in [6.45, 7) is 15.9. The first-order chi connectivity index (χ1) is 21.8. The highest BCUT2D eigenvalue weighted by molar-refractivity contribution is 5.93. The fourth-order valence-corrected chi connectivity index (χ4v) is 13.4. The lowest BCUT2D eigenvalue weighted by Crippen LogP contribution is -2.60. The smallest absolute Gasteiger partial charge is 0.303 e. The summed E-state index contributed by atoms with van der Waals surface area (Å²) in [5, 5.41) is 41.8. The molecule has 47 heavy (non-hydrogen) atoms. The maximum atomic E-state index is 15.0. The quantitative estimate of drug-likeness (QED) is 0.254. The van der Waals surface area contributed by atoms with Crippen molar-refractivity contribution in [1.29, 1.82) is 0 Å². The predicted octanol–water partition coefficient (Wildman–Crippen LogP) is 3.53. The summed E-state index contributed by atoms with van der Waals surface area (Å²) >= 11 is 0. The highest BCUT2D eigenvalue weighted by atomic mass is 16.7. The van der Waals surface area contributed by atoms with Crippen LogP contribution in [0.4, 0.5) is 0 Å². The van der Waals surface area contributed by atoms with E-state index >= 15 is 0 Å². The van der Waals surface area contributed by atoms with Gasteiger partial charge in [-0.15, -0.1) is 0 Å². The van der Waals surface area contributed by atoms with Crippen LogP contribution in [0.15, 0.2) is 0 Å². The molecule has 0 radical (unpaired) electrons. The largest absolute Gasteiger partial charge is 0.457 e. The van der Waals surface area contributed by atoms with Crippen LogP contribution in [-0.4, -0.2) is 93.4 Å². The number of ether oxygens (including phenoxy) is 4. The SMILES string of the molecule is CC(=O)O[C@@H](C1C[C@@H](C)[C@H]2C(O1)C(=O)[C@@]1(C)C3CC[C@H]4C(C)(C)[C@@H](O[C@@H]5OCC(O)[C@H](O)[C@H]5O)CC[C@@]45C[C@@]35CC[C@]21C)C(C)(C)O. The van der Waals surface area contributed by atoms with Crippen molar-refractivity contribution in [3.05, 3.63) is 0 Å². The van der Waals surface area contributed by atoms with Crippen molar-refractivity contribution in [3.8, 4) is 0 Å². The second-order valence-corrected chi connectivity index (χ2v) is 18.4. The molecule has 10 nitrogen and oxygen atoms in total. The molecule has 0 amide bonds. The minimum Gasteiger partial charge on any atom is -0.457 e. The fourth-order valence-electron chi connectivity index (χ4n) is 13.4. The molecule has 10 heteroatoms. The van der Waals surface area contributed by atoms with E-state index in [2.05, 4.69) is 34.6 Å². The molecule has 2 saturated heterocycles. The number of carbonyl (C=O) groups excluding carboxylic acids is 2. The van der Waals surface area contributed by atoms with Crippen molar-refractivity contribution in [2.75, 3.05) is 6.61 Å². The molecular formula is C37H58O10. The monoisotopic (exact) mass is 662 g/mol. The molecule has 4 unspecified atom stereocenters. The van der Waals surface area contributed by atoms with E-state index in [0.29, 0.717) is 12.3 Å². The normalized spacial score (nSPS) is 53.9. The van der Waals surface area contributed by atoms with Crippen LogP contribution in [-0.2, 0) is 28.5 Å². The average Bonchev–Trinajstić information content (AvgIpc) is 3.61. The maximum absolute atomic E-state index is 15.0. The second-order valence-electron chi connectivity index (χ2n) is 18.4. The molecule has 2 heterocycles. The van der Waals surface area contributed by atoms with Crippen LogP contribution < -0.4 is 0 Å². The average molecular weight is 663 g/mol. The zero-order valence-corrected chi connectivity index (χ0v) is 29.5. The van der Waals surface area contributed by atoms with Gasteiger partial charge in [0.2, 0.25) is 0 Å². The van der Waals surface area contributed by atoms with Crippen LogP contribution in [0.2, 0.25) is 0 Å². The number of fused-ring (bicyclic) bond motifs is 4. The van der Waals surface area contributed by atoms with Crippen LogP contribution in [0.1, 0.15) is 107 Å². The van der Waals surface area contributed by atoms with Gasteiger partial charge in [0.25, 0.3) is 0 Å². The van der Waals surface area contributed by atoms with E-state index < -0.39 is 59.9 Å². The van der Waals surface area contributed by atoms with Gasteiger partial charge in [0.05, 0.1) is 24.4 Å². The Kier molecular flexibility index (Phi) is 7.80. The highest BCUT2D eigenvalue weighted by Gasteiger charge is 2.85. The zero-order valence-electron chi connectivity index (χ0n) is 29.5. The first kappa shape index (κ1) is 34.3. The molecule has 7 rings (SSSR count). The molecule has 0 bridgehead atoms. The third-order valence-corrected chi connectivity index (χ3v) is 15.6. The van der Waals surface area contributed by atoms with E-state index in [4.69, 9.17) is 18.9 Å². The third-order valence-electron chi connectivity index (χ3n) is 15.6. The number of hydrogen-bond donors (Lipinski definition) is 4. The molecule has 5 aliphatic carbocycles. The molecule has 2 aliphatic heterocycles. The van der Waals surface area contributed by atoms with Crippen molar-refractivity contribution < 1.29 is 49.0 Å². The summed E-state index contributed by atoms with van der Waals surface area (Å²) in [6, 6.07) is 0. The Morgan fingerprint density at radius 2 is 1.64 bits per heavy atom. The Labute approximate surface area is 279 Å². The number of Topliss-reactive ketones (excluding diaryl/α,β-unsaturated/α-hetero) is 1. The van der Waals surface area contributed by atoms with Crippen LogP contribution in [0.5, 0.6) is 0 Å². The van der Waals surface area contributed by atoms with Gasteiger partial charge in [-0.3, -0.25) is 9.59 Å². The van der Waals surface area contributed by atoms with Crippen LogP contribution in [0, 0.1) is 50.7 Å². The molecule has 16 atom stereocenters. The van der Waals surface area contributed by atoms with Crippen molar-refractivity contribution in [3.63, 3.8) is 0 Å². The number of esters is 1. The van der Waals surface area contributed by atoms with Gasteiger partial charge in [-0.1, -0.05) is 34.6 Å². The summed E-state index contributed by atoms with van der Waals surface area (Å²) in [6.07, 6.45) is 0.691. The van der Waals surface area contributed by atoms with E-state index in [-0.39, 0.29) is 57.9 Å². The Balaban J connectivity index is 1.15. The van der Waals surface area contributed by atoms with Gasteiger partial charge >= 0.3 is 5.97 Å². The van der Waals surface area contributed by atoms with Crippen molar-refractivity contribution in [2.24, 2.45) is 50.7 Å². The van der Waals surface area contributed by atoms with E-state index in [1.807, 2.05) is 0 Å². The lowest BCUT2D eigenvalue weighted by atomic mass is 9.41. The van der Waals surface area contributed by atoms with Crippen LogP contribution in [0.3, 0.4) is 0 Å². The second kappa shape index (κ2) is 10.7.